The Balaban J connectivity index is 0.000000259. The van der Waals surface area contributed by atoms with E-state index in [4.69, 9.17) is 20.6 Å². The number of amides is 1. The molecule has 210 valence electrons. The molecule has 2 aromatic carbocycles. The minimum atomic E-state index is -1.02. The van der Waals surface area contributed by atoms with Crippen molar-refractivity contribution in [2.45, 2.75) is 51.2 Å². The second kappa shape index (κ2) is 13.4. The van der Waals surface area contributed by atoms with Gasteiger partial charge >= 0.3 is 6.09 Å². The number of carbonyl (C=O) groups is 1. The van der Waals surface area contributed by atoms with E-state index in [0.717, 1.165) is 39.5 Å². The Morgan fingerprint density at radius 1 is 1.00 bits per heavy atom. The highest BCUT2D eigenvalue weighted by Crippen LogP contribution is 2.37. The average Bonchev–Trinajstić information content (AvgIpc) is 3.42. The molecule has 1 amide bonds. The van der Waals surface area contributed by atoms with Gasteiger partial charge in [0, 0.05) is 42.8 Å². The van der Waals surface area contributed by atoms with Crippen molar-refractivity contribution >= 4 is 17.4 Å². The topological polar surface area (TPSA) is 128 Å². The van der Waals surface area contributed by atoms with E-state index < -0.39 is 6.09 Å². The molecular formula is C32H34N6O3. The Hall–Kier alpha value is -4.92. The monoisotopic (exact) mass is 550 g/mol. The summed E-state index contributed by atoms with van der Waals surface area (Å²) >= 11 is 0. The van der Waals surface area contributed by atoms with Gasteiger partial charge in [0.25, 0.3) is 0 Å². The molecule has 4 N–H and O–H groups in total. The summed E-state index contributed by atoms with van der Waals surface area (Å²) in [6, 6.07) is 21.9. The average molecular weight is 551 g/mol. The molecule has 0 radical (unpaired) electrons. The van der Waals surface area contributed by atoms with Crippen molar-refractivity contribution in [1.29, 1.82) is 0 Å². The third kappa shape index (κ3) is 7.19. The SMILES string of the molecule is Nc1nccn2c(C3CCCCC3)nc(-c3cccc(OCc4ccccc4)c3)c12.O=C(O)NCc1cccnc1. The van der Waals surface area contributed by atoms with Gasteiger partial charge in [0.15, 0.2) is 0 Å². The fourth-order valence-corrected chi connectivity index (χ4v) is 5.09. The van der Waals surface area contributed by atoms with Crippen LogP contribution in [0.1, 0.15) is 55.0 Å². The number of rotatable bonds is 7. The number of benzene rings is 2. The molecule has 0 bridgehead atoms. The van der Waals surface area contributed by atoms with Gasteiger partial charge in [0.05, 0.1) is 0 Å². The van der Waals surface area contributed by atoms with Crippen LogP contribution in [0.4, 0.5) is 10.6 Å². The summed E-state index contributed by atoms with van der Waals surface area (Å²) in [7, 11) is 0. The number of nitrogens with one attached hydrogen (secondary N) is 1. The molecule has 9 heteroatoms. The van der Waals surface area contributed by atoms with E-state index in [1.165, 1.54) is 32.1 Å². The van der Waals surface area contributed by atoms with Gasteiger partial charge in [0.1, 0.15) is 35.2 Å². The van der Waals surface area contributed by atoms with E-state index in [-0.39, 0.29) is 0 Å². The maximum absolute atomic E-state index is 10.0. The molecular weight excluding hydrogens is 516 g/mol. The van der Waals surface area contributed by atoms with Gasteiger partial charge < -0.3 is 20.9 Å². The van der Waals surface area contributed by atoms with Crippen LogP contribution in [0.5, 0.6) is 5.75 Å². The van der Waals surface area contributed by atoms with Crippen molar-refractivity contribution in [2.24, 2.45) is 0 Å². The molecule has 1 aliphatic rings. The van der Waals surface area contributed by atoms with E-state index in [1.807, 2.05) is 48.7 Å². The molecule has 5 aromatic rings. The summed E-state index contributed by atoms with van der Waals surface area (Å²) in [4.78, 5) is 23.3. The van der Waals surface area contributed by atoms with Crippen molar-refractivity contribution in [3.05, 3.63) is 108 Å². The second-order valence-corrected chi connectivity index (χ2v) is 10.0. The Morgan fingerprint density at radius 2 is 1.80 bits per heavy atom. The summed E-state index contributed by atoms with van der Waals surface area (Å²) in [5.74, 6) is 2.90. The first-order chi connectivity index (χ1) is 20.1. The lowest BCUT2D eigenvalue weighted by Gasteiger charge is -2.20. The second-order valence-electron chi connectivity index (χ2n) is 10.0. The van der Waals surface area contributed by atoms with Crippen LogP contribution in [0.2, 0.25) is 0 Å². The van der Waals surface area contributed by atoms with Crippen LogP contribution in [-0.2, 0) is 13.2 Å². The van der Waals surface area contributed by atoms with E-state index in [0.29, 0.717) is 24.9 Å². The van der Waals surface area contributed by atoms with Gasteiger partial charge in [-0.1, -0.05) is 67.8 Å². The number of nitrogen functional groups attached to an aromatic ring is 1. The number of pyridine rings is 1. The number of anilines is 1. The number of nitrogens with two attached hydrogens (primary N) is 1. The highest BCUT2D eigenvalue weighted by atomic mass is 16.5. The smallest absolute Gasteiger partial charge is 0.404 e. The van der Waals surface area contributed by atoms with Crippen LogP contribution >= 0.6 is 0 Å². The third-order valence-electron chi connectivity index (χ3n) is 7.10. The van der Waals surface area contributed by atoms with Gasteiger partial charge in [-0.25, -0.2) is 14.8 Å². The summed E-state index contributed by atoms with van der Waals surface area (Å²) in [6.07, 6.45) is 12.2. The highest BCUT2D eigenvalue weighted by Gasteiger charge is 2.24. The molecule has 1 aliphatic carbocycles. The number of fused-ring (bicyclic) bond motifs is 1. The summed E-state index contributed by atoms with van der Waals surface area (Å²) in [5.41, 5.74) is 11.1. The Bertz CT molecular complexity index is 1570. The first-order valence-corrected chi connectivity index (χ1v) is 13.8. The van der Waals surface area contributed by atoms with Gasteiger partial charge in [-0.3, -0.25) is 9.38 Å². The van der Waals surface area contributed by atoms with Crippen LogP contribution in [0, 0.1) is 0 Å². The van der Waals surface area contributed by atoms with E-state index >= 15 is 0 Å². The molecule has 3 aromatic heterocycles. The zero-order chi connectivity index (χ0) is 28.4. The number of hydrogen-bond acceptors (Lipinski definition) is 6. The van der Waals surface area contributed by atoms with Crippen molar-refractivity contribution in [3.63, 3.8) is 0 Å². The van der Waals surface area contributed by atoms with E-state index in [9.17, 15) is 4.79 Å². The maximum atomic E-state index is 10.0. The zero-order valence-electron chi connectivity index (χ0n) is 22.8. The quantitative estimate of drug-likeness (QED) is 0.212. The first-order valence-electron chi connectivity index (χ1n) is 13.8. The Labute approximate surface area is 239 Å². The van der Waals surface area contributed by atoms with Crippen LogP contribution in [-0.4, -0.2) is 30.6 Å². The molecule has 1 fully saturated rings. The first kappa shape index (κ1) is 27.6. The van der Waals surface area contributed by atoms with Gasteiger partial charge in [-0.05, 0) is 42.2 Å². The third-order valence-corrected chi connectivity index (χ3v) is 7.10. The number of hydrogen-bond donors (Lipinski definition) is 3. The minimum absolute atomic E-state index is 0.309. The molecule has 9 nitrogen and oxygen atoms in total. The number of carboxylic acid groups (broad SMARTS) is 1. The predicted molar refractivity (Wildman–Crippen MR) is 159 cm³/mol. The molecule has 0 unspecified atom stereocenters. The molecule has 6 rings (SSSR count). The molecule has 0 spiro atoms. The normalized spacial score (nSPS) is 13.3. The molecule has 3 heterocycles. The highest BCUT2D eigenvalue weighted by molar-refractivity contribution is 5.85. The van der Waals surface area contributed by atoms with Crippen LogP contribution in [0.15, 0.2) is 91.5 Å². The molecule has 41 heavy (non-hydrogen) atoms. The largest absolute Gasteiger partial charge is 0.489 e. The number of ether oxygens (including phenoxy) is 1. The molecule has 1 saturated carbocycles. The fraction of sp³-hybridized carbons (Fsp3) is 0.250. The molecule has 0 aliphatic heterocycles. The predicted octanol–water partition coefficient (Wildman–Crippen LogP) is 6.45. The van der Waals surface area contributed by atoms with Gasteiger partial charge in [-0.2, -0.15) is 0 Å². The Kier molecular flexibility index (Phi) is 9.05. The van der Waals surface area contributed by atoms with Crippen LogP contribution in [0.25, 0.3) is 16.8 Å². The number of imidazole rings is 1. The number of aromatic nitrogens is 4. The van der Waals surface area contributed by atoms with Gasteiger partial charge in [-0.15, -0.1) is 0 Å². The lowest BCUT2D eigenvalue weighted by atomic mass is 9.89. The van der Waals surface area contributed by atoms with Crippen LogP contribution in [0.3, 0.4) is 0 Å². The Morgan fingerprint density at radius 3 is 2.56 bits per heavy atom. The standard InChI is InChI=1S/C25H26N4O.C7H8N2O2/c26-24-23-22(28-25(29(23)15-14-27-24)19-10-5-2-6-11-19)20-12-7-13-21(16-20)30-17-18-8-3-1-4-9-18;10-7(11)9-5-6-2-1-3-8-4-6/h1,3-4,7-9,12-16,19H,2,5-6,10-11,17H2,(H2,26,27);1-4,9H,5H2,(H,10,11). The van der Waals surface area contributed by atoms with Crippen molar-refractivity contribution in [3.8, 4) is 17.0 Å². The zero-order valence-corrected chi connectivity index (χ0v) is 22.8. The van der Waals surface area contributed by atoms with Crippen molar-refractivity contribution in [2.75, 3.05) is 5.73 Å². The van der Waals surface area contributed by atoms with Crippen LogP contribution < -0.4 is 15.8 Å². The van der Waals surface area contributed by atoms with E-state index in [2.05, 4.69) is 37.9 Å². The summed E-state index contributed by atoms with van der Waals surface area (Å²) < 4.78 is 8.18. The maximum Gasteiger partial charge on any atom is 0.404 e. The number of nitrogens with zero attached hydrogens (tertiary/aromatic N) is 4. The summed E-state index contributed by atoms with van der Waals surface area (Å²) in [5, 5.41) is 10.5. The molecule has 0 atom stereocenters. The summed E-state index contributed by atoms with van der Waals surface area (Å²) in [6.45, 7) is 0.842. The lowest BCUT2D eigenvalue weighted by molar-refractivity contribution is 0.194. The minimum Gasteiger partial charge on any atom is -0.489 e. The molecule has 0 saturated heterocycles. The van der Waals surface area contributed by atoms with Gasteiger partial charge in [0.2, 0.25) is 0 Å². The lowest BCUT2D eigenvalue weighted by Crippen LogP contribution is -2.19. The van der Waals surface area contributed by atoms with E-state index in [1.54, 1.807) is 24.7 Å². The fourth-order valence-electron chi connectivity index (χ4n) is 5.09. The van der Waals surface area contributed by atoms with Crippen molar-refractivity contribution < 1.29 is 14.6 Å². The van der Waals surface area contributed by atoms with Crippen molar-refractivity contribution in [1.82, 2.24) is 24.7 Å².